The van der Waals surface area contributed by atoms with Gasteiger partial charge < -0.3 is 28.8 Å². The smallest absolute Gasteiger partial charge is 0.268 e. The largest absolute Gasteiger partial charge is 0.756 e. The molecule has 0 aromatic heterocycles. The maximum atomic E-state index is 12.7. The van der Waals surface area contributed by atoms with Crippen LogP contribution in [-0.2, 0) is 18.4 Å². The van der Waals surface area contributed by atoms with Crippen molar-refractivity contribution in [1.29, 1.82) is 0 Å². The molecule has 0 bridgehead atoms. The number of nitrogens with zero attached hydrogens (tertiary/aromatic N) is 1. The highest BCUT2D eigenvalue weighted by Crippen LogP contribution is 2.38. The molecule has 0 aromatic rings. The van der Waals surface area contributed by atoms with Crippen LogP contribution in [0.4, 0.5) is 0 Å². The Morgan fingerprint density at radius 1 is 0.723 bits per heavy atom. The van der Waals surface area contributed by atoms with E-state index < -0.39 is 20.0 Å². The number of aliphatic hydroxyl groups is 1. The lowest BCUT2D eigenvalue weighted by Gasteiger charge is -2.30. The Hall–Kier alpha value is -0.760. The minimum absolute atomic E-state index is 0.00910. The molecule has 0 aliphatic carbocycles. The molecule has 0 rings (SSSR count). The Balaban J connectivity index is 4.42. The molecule has 3 atom stereocenters. The van der Waals surface area contributed by atoms with Crippen molar-refractivity contribution in [3.63, 3.8) is 0 Å². The van der Waals surface area contributed by atoms with Gasteiger partial charge in [0.15, 0.2) is 0 Å². The number of carbonyl (C=O) groups is 1. The van der Waals surface area contributed by atoms with Crippen LogP contribution in [0.2, 0.25) is 0 Å². The molecule has 47 heavy (non-hydrogen) atoms. The van der Waals surface area contributed by atoms with Gasteiger partial charge in [-0.3, -0.25) is 9.36 Å². The van der Waals surface area contributed by atoms with Gasteiger partial charge in [0.1, 0.15) is 13.2 Å². The van der Waals surface area contributed by atoms with Gasteiger partial charge in [-0.25, -0.2) is 0 Å². The second kappa shape index (κ2) is 31.2. The summed E-state index contributed by atoms with van der Waals surface area (Å²) in [5.74, 6) is -0.201. The van der Waals surface area contributed by atoms with E-state index in [1.807, 2.05) is 21.1 Å². The van der Waals surface area contributed by atoms with Gasteiger partial charge in [0.25, 0.3) is 7.82 Å². The van der Waals surface area contributed by atoms with Gasteiger partial charge in [-0.1, -0.05) is 148 Å². The number of likely N-dealkylation sites (N-methyl/N-ethyl adjacent to an activating group) is 1. The van der Waals surface area contributed by atoms with Crippen molar-refractivity contribution in [2.24, 2.45) is 0 Å². The average molecular weight is 689 g/mol. The highest BCUT2D eigenvalue weighted by atomic mass is 31.2. The fourth-order valence-corrected chi connectivity index (χ4v) is 6.29. The van der Waals surface area contributed by atoms with Crippen molar-refractivity contribution in [2.45, 2.75) is 187 Å². The third kappa shape index (κ3) is 33.5. The summed E-state index contributed by atoms with van der Waals surface area (Å²) in [6.07, 6.45) is 32.2. The average Bonchev–Trinajstić information content (AvgIpc) is 3.01. The number of phosphoric acid groups is 1. The summed E-state index contributed by atoms with van der Waals surface area (Å²) >= 11 is 0. The predicted octanol–water partition coefficient (Wildman–Crippen LogP) is 9.39. The van der Waals surface area contributed by atoms with Crippen molar-refractivity contribution >= 4 is 13.7 Å². The van der Waals surface area contributed by atoms with Crippen molar-refractivity contribution in [3.05, 3.63) is 12.2 Å². The Morgan fingerprint density at radius 3 is 1.66 bits per heavy atom. The monoisotopic (exact) mass is 689 g/mol. The summed E-state index contributed by atoms with van der Waals surface area (Å²) < 4.78 is 23.1. The lowest BCUT2D eigenvalue weighted by atomic mass is 10.0. The van der Waals surface area contributed by atoms with Gasteiger partial charge in [0.05, 0.1) is 39.9 Å². The van der Waals surface area contributed by atoms with Crippen LogP contribution in [0.1, 0.15) is 174 Å². The van der Waals surface area contributed by atoms with Crippen LogP contribution in [0.5, 0.6) is 0 Å². The first kappa shape index (κ1) is 46.2. The third-order valence-corrected chi connectivity index (χ3v) is 9.72. The molecule has 0 saturated heterocycles. The maximum Gasteiger partial charge on any atom is 0.268 e. The Labute approximate surface area is 291 Å². The topological polar surface area (TPSA) is 108 Å². The van der Waals surface area contributed by atoms with Crippen LogP contribution < -0.4 is 10.2 Å². The van der Waals surface area contributed by atoms with Crippen LogP contribution in [0.25, 0.3) is 0 Å². The van der Waals surface area contributed by atoms with Crippen molar-refractivity contribution in [1.82, 2.24) is 5.32 Å². The van der Waals surface area contributed by atoms with Crippen LogP contribution in [0.15, 0.2) is 12.2 Å². The number of carbonyl (C=O) groups excluding carboxylic acids is 1. The molecule has 9 heteroatoms. The predicted molar refractivity (Wildman–Crippen MR) is 196 cm³/mol. The fraction of sp³-hybridized carbons (Fsp3) is 0.921. The number of hydrogen-bond acceptors (Lipinski definition) is 6. The number of aliphatic hydroxyl groups excluding tert-OH is 1. The minimum Gasteiger partial charge on any atom is -0.756 e. The molecule has 0 heterocycles. The Kier molecular flexibility index (Phi) is 30.7. The normalized spacial score (nSPS) is 14.8. The second-order valence-electron chi connectivity index (χ2n) is 14.6. The maximum absolute atomic E-state index is 12.7. The van der Waals surface area contributed by atoms with E-state index >= 15 is 0 Å². The van der Waals surface area contributed by atoms with Crippen LogP contribution in [0, 0.1) is 0 Å². The summed E-state index contributed by atoms with van der Waals surface area (Å²) in [5, 5.41) is 13.8. The number of quaternary nitrogens is 1. The van der Waals surface area contributed by atoms with E-state index in [-0.39, 0.29) is 19.1 Å². The van der Waals surface area contributed by atoms with Gasteiger partial charge in [-0.05, 0) is 32.1 Å². The lowest BCUT2D eigenvalue weighted by molar-refractivity contribution is -0.870. The van der Waals surface area contributed by atoms with Gasteiger partial charge in [-0.15, -0.1) is 0 Å². The second-order valence-corrected chi connectivity index (χ2v) is 16.0. The highest BCUT2D eigenvalue weighted by molar-refractivity contribution is 7.45. The summed E-state index contributed by atoms with van der Waals surface area (Å²) in [6.45, 7) is 4.65. The number of nitrogens with one attached hydrogen (secondary N) is 1. The molecule has 0 aliphatic heterocycles. The highest BCUT2D eigenvalue weighted by Gasteiger charge is 2.24. The minimum atomic E-state index is -4.56. The molecule has 2 N–H and O–H groups in total. The number of rotatable bonds is 35. The number of amides is 1. The molecule has 3 unspecified atom stereocenters. The number of unbranched alkanes of at least 4 members (excludes halogenated alkanes) is 20. The summed E-state index contributed by atoms with van der Waals surface area (Å²) in [5.41, 5.74) is 0. The first-order chi connectivity index (χ1) is 22.5. The van der Waals surface area contributed by atoms with E-state index in [0.717, 1.165) is 32.1 Å². The van der Waals surface area contributed by atoms with E-state index in [2.05, 4.69) is 31.3 Å². The zero-order valence-electron chi connectivity index (χ0n) is 31.5. The van der Waals surface area contributed by atoms with Gasteiger partial charge >= 0.3 is 0 Å². The summed E-state index contributed by atoms with van der Waals surface area (Å²) in [6, 6.07) is -0.808. The standard InChI is InChI=1S/C38H77N2O6P/c1-6-8-10-12-14-16-17-18-19-20-21-22-24-25-27-29-31-37(41)36(35-46-47(43,44)45-34-33-40(3,4)5)39-38(42)32-30-28-26-23-15-13-11-9-7-2/h23,26,36-37,41H,6-22,24-25,27-35H2,1-5H3,(H-,39,42,43,44)/b26-23-. The zero-order valence-corrected chi connectivity index (χ0v) is 32.4. The van der Waals surface area contributed by atoms with Gasteiger partial charge in [0, 0.05) is 6.42 Å². The Bertz CT molecular complexity index is 789. The molecule has 280 valence electrons. The van der Waals surface area contributed by atoms with E-state index in [1.54, 1.807) is 0 Å². The van der Waals surface area contributed by atoms with Crippen LogP contribution >= 0.6 is 7.82 Å². The molecule has 1 amide bonds. The molecule has 0 radical (unpaired) electrons. The zero-order chi connectivity index (χ0) is 35.1. The van der Waals surface area contributed by atoms with E-state index in [1.165, 1.54) is 109 Å². The first-order valence-electron chi connectivity index (χ1n) is 19.5. The molecule has 0 saturated carbocycles. The van der Waals surface area contributed by atoms with Crippen molar-refractivity contribution < 1.29 is 32.9 Å². The first-order valence-corrected chi connectivity index (χ1v) is 21.0. The van der Waals surface area contributed by atoms with Crippen molar-refractivity contribution in [3.8, 4) is 0 Å². The summed E-state index contributed by atoms with van der Waals surface area (Å²) in [4.78, 5) is 25.1. The fourth-order valence-electron chi connectivity index (χ4n) is 5.57. The molecule has 8 nitrogen and oxygen atoms in total. The quantitative estimate of drug-likeness (QED) is 0.0297. The SMILES string of the molecule is CCCCCC/C=C\CCCC(=O)NC(COP(=O)([O-])OCC[N+](C)(C)C)C(O)CCCCCCCCCCCCCCCCCC. The van der Waals surface area contributed by atoms with Crippen LogP contribution in [0.3, 0.4) is 0 Å². The number of hydrogen-bond donors (Lipinski definition) is 2. The molecule has 0 spiro atoms. The number of allylic oxidation sites excluding steroid dienone is 2. The van der Waals surface area contributed by atoms with E-state index in [4.69, 9.17) is 9.05 Å². The van der Waals surface area contributed by atoms with E-state index in [9.17, 15) is 19.4 Å². The summed E-state index contributed by atoms with van der Waals surface area (Å²) in [7, 11) is 1.29. The third-order valence-electron chi connectivity index (χ3n) is 8.75. The van der Waals surface area contributed by atoms with Crippen LogP contribution in [-0.4, -0.2) is 68.5 Å². The molecule has 0 aliphatic rings. The van der Waals surface area contributed by atoms with Crippen molar-refractivity contribution in [2.75, 3.05) is 40.9 Å². The van der Waals surface area contributed by atoms with Gasteiger partial charge in [0.2, 0.25) is 5.91 Å². The lowest BCUT2D eigenvalue weighted by Crippen LogP contribution is -2.46. The molecule has 0 fully saturated rings. The molecule has 0 aromatic carbocycles. The van der Waals surface area contributed by atoms with Gasteiger partial charge in [-0.2, -0.15) is 0 Å². The molecular weight excluding hydrogens is 611 g/mol. The Morgan fingerprint density at radius 2 is 1.17 bits per heavy atom. The van der Waals surface area contributed by atoms with E-state index in [0.29, 0.717) is 30.3 Å². The molecular formula is C38H77N2O6P. The number of phosphoric ester groups is 1.